The quantitative estimate of drug-likeness (QED) is 0.253. The van der Waals surface area contributed by atoms with Crippen molar-refractivity contribution in [1.82, 2.24) is 0 Å². The Morgan fingerprint density at radius 1 is 0.739 bits per heavy atom. The van der Waals surface area contributed by atoms with Crippen LogP contribution >= 0.6 is 0 Å². The van der Waals surface area contributed by atoms with E-state index in [1.165, 1.54) is 6.07 Å². The lowest BCUT2D eigenvalue weighted by molar-refractivity contribution is -0.617. The first-order valence-electron chi connectivity index (χ1n) is 7.31. The van der Waals surface area contributed by atoms with E-state index in [1.807, 2.05) is 30.3 Å². The largest absolute Gasteiger partial charge is 1.00 e. The second-order valence-corrected chi connectivity index (χ2v) is 5.48. The molecular weight excluding hydrogens is 400 g/mol. The third-order valence-electron chi connectivity index (χ3n) is 4.18. The Labute approximate surface area is 151 Å². The molecule has 1 nitrogen and oxygen atoms in total. The second kappa shape index (κ2) is 6.24. The minimum absolute atomic E-state index is 0. The number of nitrogens with zero attached hydrogens (tertiary/aromatic N) is 1. The van der Waals surface area contributed by atoms with Crippen molar-refractivity contribution in [1.29, 1.82) is 0 Å². The van der Waals surface area contributed by atoms with Gasteiger partial charge in [0.2, 0.25) is 11.0 Å². The molecule has 3 aromatic carbocycles. The number of halogens is 2. The molecule has 0 radical (unpaired) electrons. The summed E-state index contributed by atoms with van der Waals surface area (Å²) in [4.78, 5) is 0. The fourth-order valence-electron chi connectivity index (χ4n) is 3.18. The standard InChI is InChI=1S/C20H15FN.HI/c1-22-18-11-4-2-9-16(18)20(14-7-6-8-15(21)13-14)17-10-3-5-12-19(17)22;/h2-13H,1H3;1H/q+1;/p-1. The minimum Gasteiger partial charge on any atom is -1.00 e. The van der Waals surface area contributed by atoms with Gasteiger partial charge in [-0.1, -0.05) is 36.4 Å². The van der Waals surface area contributed by atoms with Crippen molar-refractivity contribution < 1.29 is 32.9 Å². The van der Waals surface area contributed by atoms with Crippen LogP contribution < -0.4 is 28.5 Å². The lowest BCUT2D eigenvalue weighted by atomic mass is 9.96. The molecular formula is C20H15FIN. The van der Waals surface area contributed by atoms with Crippen molar-refractivity contribution in [3.8, 4) is 11.1 Å². The SMILES string of the molecule is C[n+]1c2ccccc2c(-c2cccc(F)c2)c2ccccc21.[I-]. The fourth-order valence-corrected chi connectivity index (χ4v) is 3.18. The maximum Gasteiger partial charge on any atom is 0.213 e. The lowest BCUT2D eigenvalue weighted by Gasteiger charge is -2.10. The van der Waals surface area contributed by atoms with E-state index in [9.17, 15) is 4.39 Å². The van der Waals surface area contributed by atoms with Crippen LogP contribution in [0.2, 0.25) is 0 Å². The van der Waals surface area contributed by atoms with Crippen molar-refractivity contribution in [2.24, 2.45) is 7.05 Å². The van der Waals surface area contributed by atoms with Crippen LogP contribution in [0.4, 0.5) is 4.39 Å². The Balaban J connectivity index is 0.00000156. The van der Waals surface area contributed by atoms with E-state index < -0.39 is 0 Å². The molecule has 0 unspecified atom stereocenters. The molecule has 1 aromatic heterocycles. The van der Waals surface area contributed by atoms with Crippen LogP contribution in [0.15, 0.2) is 72.8 Å². The zero-order chi connectivity index (χ0) is 15.1. The first-order chi connectivity index (χ1) is 10.8. The van der Waals surface area contributed by atoms with Crippen LogP contribution in [0.1, 0.15) is 0 Å². The van der Waals surface area contributed by atoms with Gasteiger partial charge in [0.05, 0.1) is 10.8 Å². The predicted molar refractivity (Wildman–Crippen MR) is 88.0 cm³/mol. The van der Waals surface area contributed by atoms with Gasteiger partial charge in [-0.15, -0.1) is 0 Å². The molecule has 23 heavy (non-hydrogen) atoms. The van der Waals surface area contributed by atoms with Gasteiger partial charge in [-0.2, -0.15) is 4.57 Å². The van der Waals surface area contributed by atoms with Crippen molar-refractivity contribution in [3.63, 3.8) is 0 Å². The Morgan fingerprint density at radius 3 is 1.87 bits per heavy atom. The summed E-state index contributed by atoms with van der Waals surface area (Å²) in [5.41, 5.74) is 4.28. The Hall–Kier alpha value is -2.01. The summed E-state index contributed by atoms with van der Waals surface area (Å²) in [5, 5.41) is 2.27. The summed E-state index contributed by atoms with van der Waals surface area (Å²) in [6.07, 6.45) is 0. The average Bonchev–Trinajstić information content (AvgIpc) is 2.55. The number of aromatic nitrogens is 1. The summed E-state index contributed by atoms with van der Waals surface area (Å²) in [5.74, 6) is -0.209. The third kappa shape index (κ3) is 2.59. The molecule has 0 fully saturated rings. The van der Waals surface area contributed by atoms with Crippen molar-refractivity contribution in [3.05, 3.63) is 78.6 Å². The number of para-hydroxylation sites is 2. The zero-order valence-corrected chi connectivity index (χ0v) is 14.8. The predicted octanol–water partition coefficient (Wildman–Crippen LogP) is 1.63. The topological polar surface area (TPSA) is 3.88 Å². The molecule has 0 N–H and O–H groups in total. The number of aryl methyl sites for hydroxylation is 1. The molecule has 0 aliphatic heterocycles. The van der Waals surface area contributed by atoms with Crippen LogP contribution in [0, 0.1) is 5.82 Å². The van der Waals surface area contributed by atoms with Gasteiger partial charge in [0.25, 0.3) is 0 Å². The van der Waals surface area contributed by atoms with Gasteiger partial charge < -0.3 is 24.0 Å². The maximum atomic E-state index is 13.7. The Bertz CT molecular complexity index is 954. The molecule has 1 heterocycles. The van der Waals surface area contributed by atoms with E-state index in [-0.39, 0.29) is 29.8 Å². The number of hydrogen-bond donors (Lipinski definition) is 0. The highest BCUT2D eigenvalue weighted by molar-refractivity contribution is 6.07. The molecule has 0 bridgehead atoms. The average molecular weight is 415 g/mol. The van der Waals surface area contributed by atoms with Crippen LogP contribution in [0.25, 0.3) is 32.9 Å². The fraction of sp³-hybridized carbons (Fsp3) is 0.0500. The first kappa shape index (κ1) is 15.9. The molecule has 0 amide bonds. The van der Waals surface area contributed by atoms with E-state index in [0.29, 0.717) is 0 Å². The summed E-state index contributed by atoms with van der Waals surface area (Å²) >= 11 is 0. The van der Waals surface area contributed by atoms with E-state index in [2.05, 4.69) is 35.9 Å². The van der Waals surface area contributed by atoms with Crippen LogP contribution in [0.5, 0.6) is 0 Å². The van der Waals surface area contributed by atoms with Gasteiger partial charge in [0.1, 0.15) is 12.9 Å². The number of pyridine rings is 1. The number of hydrogen-bond acceptors (Lipinski definition) is 0. The molecule has 0 aliphatic carbocycles. The van der Waals surface area contributed by atoms with Gasteiger partial charge in [-0.25, -0.2) is 4.39 Å². The molecule has 0 spiro atoms. The number of rotatable bonds is 1. The maximum absolute atomic E-state index is 13.7. The lowest BCUT2D eigenvalue weighted by Crippen LogP contribution is -3.00. The smallest absolute Gasteiger partial charge is 0.213 e. The van der Waals surface area contributed by atoms with Crippen molar-refractivity contribution in [2.45, 2.75) is 0 Å². The summed E-state index contributed by atoms with van der Waals surface area (Å²) < 4.78 is 15.9. The summed E-state index contributed by atoms with van der Waals surface area (Å²) in [6.45, 7) is 0. The van der Waals surface area contributed by atoms with Gasteiger partial charge in [-0.05, 0) is 29.8 Å². The normalized spacial score (nSPS) is 10.7. The van der Waals surface area contributed by atoms with Gasteiger partial charge >= 0.3 is 0 Å². The van der Waals surface area contributed by atoms with Crippen LogP contribution in [-0.4, -0.2) is 0 Å². The highest BCUT2D eigenvalue weighted by Crippen LogP contribution is 2.33. The second-order valence-electron chi connectivity index (χ2n) is 5.48. The first-order valence-corrected chi connectivity index (χ1v) is 7.31. The summed E-state index contributed by atoms with van der Waals surface area (Å²) in [7, 11) is 2.07. The highest BCUT2D eigenvalue weighted by Gasteiger charge is 2.18. The van der Waals surface area contributed by atoms with Gasteiger partial charge in [0, 0.05) is 17.7 Å². The Morgan fingerprint density at radius 2 is 1.30 bits per heavy atom. The molecule has 4 rings (SSSR count). The molecule has 114 valence electrons. The number of benzene rings is 3. The number of fused-ring (bicyclic) bond motifs is 2. The Kier molecular flexibility index (Phi) is 4.31. The molecule has 3 heteroatoms. The molecule has 0 atom stereocenters. The minimum atomic E-state index is -0.209. The molecule has 4 aromatic rings. The third-order valence-corrected chi connectivity index (χ3v) is 4.18. The molecule has 0 saturated carbocycles. The summed E-state index contributed by atoms with van der Waals surface area (Å²) in [6, 6.07) is 23.3. The van der Waals surface area contributed by atoms with Gasteiger partial charge in [0.15, 0.2) is 0 Å². The van der Waals surface area contributed by atoms with Crippen molar-refractivity contribution in [2.75, 3.05) is 0 Å². The van der Waals surface area contributed by atoms with Crippen LogP contribution in [-0.2, 0) is 7.05 Å². The van der Waals surface area contributed by atoms with Gasteiger partial charge in [-0.3, -0.25) is 0 Å². The van der Waals surface area contributed by atoms with Crippen molar-refractivity contribution >= 4 is 21.8 Å². The molecule has 0 saturated heterocycles. The van der Waals surface area contributed by atoms with E-state index in [0.717, 1.165) is 32.9 Å². The zero-order valence-electron chi connectivity index (χ0n) is 12.6. The van der Waals surface area contributed by atoms with E-state index >= 15 is 0 Å². The monoisotopic (exact) mass is 415 g/mol. The highest BCUT2D eigenvalue weighted by atomic mass is 127. The van der Waals surface area contributed by atoms with E-state index in [1.54, 1.807) is 12.1 Å². The van der Waals surface area contributed by atoms with E-state index in [4.69, 9.17) is 0 Å². The van der Waals surface area contributed by atoms with Crippen LogP contribution in [0.3, 0.4) is 0 Å². The molecule has 0 aliphatic rings.